The van der Waals surface area contributed by atoms with Crippen molar-refractivity contribution in [2.45, 2.75) is 73.7 Å². The fourth-order valence-corrected chi connectivity index (χ4v) is 7.58. The van der Waals surface area contributed by atoms with E-state index in [0.717, 1.165) is 43.0 Å². The van der Waals surface area contributed by atoms with Crippen LogP contribution in [0.25, 0.3) is 0 Å². The van der Waals surface area contributed by atoms with Gasteiger partial charge in [-0.3, -0.25) is 4.90 Å². The molecule has 0 radical (unpaired) electrons. The third-order valence-electron chi connectivity index (χ3n) is 9.02. The molecule has 0 unspecified atom stereocenters. The summed E-state index contributed by atoms with van der Waals surface area (Å²) in [5.74, 6) is 0.986. The number of fused-ring (bicyclic) bond motifs is 1. The van der Waals surface area contributed by atoms with Crippen molar-refractivity contribution in [3.05, 3.63) is 35.4 Å². The molecule has 2 saturated heterocycles. The first-order valence-electron chi connectivity index (χ1n) is 11.3. The lowest BCUT2D eigenvalue weighted by atomic mass is 9.46. The summed E-state index contributed by atoms with van der Waals surface area (Å²) in [6.45, 7) is 5.85. The monoisotopic (exact) mass is 409 g/mol. The number of aliphatic hydroxyl groups is 1. The van der Waals surface area contributed by atoms with E-state index in [-0.39, 0.29) is 17.8 Å². The molecule has 7 rings (SSSR count). The predicted octanol–water partition coefficient (Wildman–Crippen LogP) is 2.20. The van der Waals surface area contributed by atoms with Gasteiger partial charge in [0.05, 0.1) is 11.0 Å². The van der Waals surface area contributed by atoms with E-state index >= 15 is 0 Å². The molecule has 2 saturated carbocycles. The van der Waals surface area contributed by atoms with Gasteiger partial charge in [-0.15, -0.1) is 0 Å². The zero-order valence-electron chi connectivity index (χ0n) is 17.0. The molecular formula is C24H27NO5. The van der Waals surface area contributed by atoms with Gasteiger partial charge in [-0.2, -0.15) is 0 Å². The predicted molar refractivity (Wildman–Crippen MR) is 107 cm³/mol. The molecule has 2 spiro atoms. The van der Waals surface area contributed by atoms with Crippen molar-refractivity contribution in [1.29, 1.82) is 0 Å². The van der Waals surface area contributed by atoms with E-state index < -0.39 is 22.7 Å². The van der Waals surface area contributed by atoms with Crippen LogP contribution in [-0.2, 0) is 21.4 Å². The molecule has 158 valence electrons. The Morgan fingerprint density at radius 2 is 2.07 bits per heavy atom. The lowest BCUT2D eigenvalue weighted by molar-refractivity contribution is -0.236. The van der Waals surface area contributed by atoms with Crippen LogP contribution in [0.4, 0.5) is 0 Å². The molecular weight excluding hydrogens is 382 g/mol. The summed E-state index contributed by atoms with van der Waals surface area (Å²) in [4.78, 5) is 14.9. The molecule has 3 aliphatic heterocycles. The van der Waals surface area contributed by atoms with Crippen LogP contribution in [0.2, 0.25) is 0 Å². The van der Waals surface area contributed by atoms with Gasteiger partial charge in [0.2, 0.25) is 0 Å². The van der Waals surface area contributed by atoms with Crippen molar-refractivity contribution in [3.8, 4) is 11.5 Å². The summed E-state index contributed by atoms with van der Waals surface area (Å²) >= 11 is 0. The number of carbonyl (C=O) groups excluding carboxylic acids is 1. The number of ether oxygens (including phenoxy) is 2. The van der Waals surface area contributed by atoms with Crippen molar-refractivity contribution in [2.75, 3.05) is 13.1 Å². The second kappa shape index (κ2) is 5.22. The average Bonchev–Trinajstić information content (AvgIpc) is 3.37. The molecule has 6 nitrogen and oxygen atoms in total. The quantitative estimate of drug-likeness (QED) is 0.576. The molecule has 0 amide bonds. The Morgan fingerprint density at radius 3 is 2.80 bits per heavy atom. The van der Waals surface area contributed by atoms with Crippen LogP contribution in [0, 0.1) is 5.92 Å². The fourth-order valence-electron chi connectivity index (χ4n) is 7.58. The maximum absolute atomic E-state index is 12.4. The number of piperidine rings is 1. The number of rotatable bonds is 2. The Hall–Kier alpha value is -2.05. The molecule has 3 heterocycles. The van der Waals surface area contributed by atoms with Gasteiger partial charge in [0.15, 0.2) is 23.2 Å². The van der Waals surface area contributed by atoms with Gasteiger partial charge in [-0.25, -0.2) is 4.79 Å². The molecule has 4 fully saturated rings. The number of carbonyl (C=O) groups is 1. The van der Waals surface area contributed by atoms with E-state index in [0.29, 0.717) is 30.6 Å². The SMILES string of the molecule is C=C1C[C@]2(CC[C@@]3(O)[C@H]4Cc5ccc(O)c6c5[C@@]3(CCN4CC3CC3)[C@H]2O6)OC1=O. The van der Waals surface area contributed by atoms with Crippen LogP contribution in [0.3, 0.4) is 0 Å². The highest BCUT2D eigenvalue weighted by Gasteiger charge is 2.77. The first kappa shape index (κ1) is 17.6. The molecule has 2 N–H and O–H groups in total. The number of aromatic hydroxyl groups is 1. The van der Waals surface area contributed by atoms with Crippen molar-refractivity contribution in [1.82, 2.24) is 4.90 Å². The maximum atomic E-state index is 12.4. The van der Waals surface area contributed by atoms with Gasteiger partial charge in [-0.05, 0) is 62.6 Å². The summed E-state index contributed by atoms with van der Waals surface area (Å²) in [5, 5.41) is 23.1. The minimum absolute atomic E-state index is 0.0265. The Balaban J connectivity index is 1.44. The largest absolute Gasteiger partial charge is 0.504 e. The minimum Gasteiger partial charge on any atom is -0.504 e. The molecule has 1 aromatic carbocycles. The summed E-state index contributed by atoms with van der Waals surface area (Å²) in [7, 11) is 0. The number of phenols is 1. The summed E-state index contributed by atoms with van der Waals surface area (Å²) in [6.07, 6.45) is 5.12. The molecule has 0 aromatic heterocycles. The third kappa shape index (κ3) is 1.83. The van der Waals surface area contributed by atoms with Crippen molar-refractivity contribution in [3.63, 3.8) is 0 Å². The lowest BCUT2D eigenvalue weighted by Gasteiger charge is -2.65. The number of likely N-dealkylation sites (tertiary alicyclic amines) is 1. The topological polar surface area (TPSA) is 79.2 Å². The highest BCUT2D eigenvalue weighted by molar-refractivity contribution is 5.91. The molecule has 6 aliphatic rings. The zero-order valence-corrected chi connectivity index (χ0v) is 17.0. The van der Waals surface area contributed by atoms with Crippen molar-refractivity contribution in [2.24, 2.45) is 5.92 Å². The highest BCUT2D eigenvalue weighted by Crippen LogP contribution is 2.68. The minimum atomic E-state index is -0.960. The van der Waals surface area contributed by atoms with Crippen LogP contribution in [0.1, 0.15) is 49.7 Å². The fraction of sp³-hybridized carbons (Fsp3) is 0.625. The van der Waals surface area contributed by atoms with Crippen LogP contribution in [0.5, 0.6) is 11.5 Å². The number of hydrogen-bond donors (Lipinski definition) is 2. The van der Waals surface area contributed by atoms with E-state index in [1.54, 1.807) is 6.07 Å². The average molecular weight is 409 g/mol. The van der Waals surface area contributed by atoms with Gasteiger partial charge in [0.25, 0.3) is 0 Å². The van der Waals surface area contributed by atoms with Gasteiger partial charge in [0.1, 0.15) is 0 Å². The number of hydrogen-bond acceptors (Lipinski definition) is 6. The summed E-state index contributed by atoms with van der Waals surface area (Å²) in [5.41, 5.74) is 0.148. The van der Waals surface area contributed by atoms with Crippen LogP contribution >= 0.6 is 0 Å². The van der Waals surface area contributed by atoms with Gasteiger partial charge in [-0.1, -0.05) is 12.6 Å². The van der Waals surface area contributed by atoms with E-state index in [9.17, 15) is 15.0 Å². The normalized spacial score (nSPS) is 43.5. The molecule has 30 heavy (non-hydrogen) atoms. The van der Waals surface area contributed by atoms with E-state index in [1.807, 2.05) is 6.07 Å². The van der Waals surface area contributed by atoms with E-state index in [4.69, 9.17) is 9.47 Å². The molecule has 6 heteroatoms. The summed E-state index contributed by atoms with van der Waals surface area (Å²) in [6, 6.07) is 3.73. The Bertz CT molecular complexity index is 999. The highest BCUT2D eigenvalue weighted by atomic mass is 16.6. The third-order valence-corrected chi connectivity index (χ3v) is 9.02. The van der Waals surface area contributed by atoms with Gasteiger partial charge < -0.3 is 19.7 Å². The smallest absolute Gasteiger partial charge is 0.334 e. The zero-order chi connectivity index (χ0) is 20.5. The summed E-state index contributed by atoms with van der Waals surface area (Å²) < 4.78 is 12.5. The van der Waals surface area contributed by atoms with Crippen LogP contribution in [0.15, 0.2) is 24.3 Å². The Labute approximate surface area is 175 Å². The number of benzene rings is 1. The molecule has 3 aliphatic carbocycles. The van der Waals surface area contributed by atoms with Crippen LogP contribution < -0.4 is 4.74 Å². The first-order valence-corrected chi connectivity index (χ1v) is 11.3. The molecule has 1 aromatic rings. The standard InChI is InChI=1S/C24H27NO5/c1-13-11-22(30-20(13)27)6-7-24(28)17-10-15-4-5-16(26)19-18(15)23(24,21(22)29-19)8-9-25(17)12-14-2-3-14/h4-5,14,17,21,26,28H,1-3,6-12H2/t17-,21+,22+,23+,24-/m1/s1. The van der Waals surface area contributed by atoms with E-state index in [2.05, 4.69) is 11.5 Å². The van der Waals surface area contributed by atoms with Crippen LogP contribution in [-0.4, -0.2) is 57.5 Å². The molecule has 2 bridgehead atoms. The van der Waals surface area contributed by atoms with Crippen molar-refractivity contribution < 1.29 is 24.5 Å². The van der Waals surface area contributed by atoms with Crippen molar-refractivity contribution >= 4 is 5.97 Å². The Kier molecular flexibility index (Phi) is 3.07. The van der Waals surface area contributed by atoms with Gasteiger partial charge in [0, 0.05) is 30.1 Å². The molecule has 5 atom stereocenters. The Morgan fingerprint density at radius 1 is 1.23 bits per heavy atom. The lowest BCUT2D eigenvalue weighted by Crippen LogP contribution is -2.79. The maximum Gasteiger partial charge on any atom is 0.334 e. The second-order valence-electron chi connectivity index (χ2n) is 10.5. The number of nitrogens with zero attached hydrogens (tertiary/aromatic N) is 1. The van der Waals surface area contributed by atoms with E-state index in [1.165, 1.54) is 12.8 Å². The van der Waals surface area contributed by atoms with Gasteiger partial charge >= 0.3 is 5.97 Å². The second-order valence-corrected chi connectivity index (χ2v) is 10.5. The first-order chi connectivity index (χ1) is 14.4. The number of esters is 1. The number of phenolic OH excluding ortho intramolecular Hbond substituents is 1.